The standard InChI is InChI=1S/C23H29FN6O3/c24-18-2-3-19-17(15-18)1-4-20(19)27-28-21-16-22(30-8-12-32-13-9-30)26-23(25-21)33-14-7-29-5-10-31-11-6-29/h2-4,15-16,27H,1,5-14H2,(H,25,26,28). The Morgan fingerprint density at radius 1 is 0.970 bits per heavy atom. The van der Waals surface area contributed by atoms with Crippen molar-refractivity contribution in [2.75, 3.05) is 76.1 Å². The number of anilines is 2. The molecule has 176 valence electrons. The first-order valence-electron chi connectivity index (χ1n) is 11.4. The number of nitrogens with one attached hydrogen (secondary N) is 2. The number of benzene rings is 1. The van der Waals surface area contributed by atoms with Crippen LogP contribution in [0.15, 0.2) is 30.3 Å². The Labute approximate surface area is 192 Å². The van der Waals surface area contributed by atoms with Crippen LogP contribution in [0.4, 0.5) is 16.0 Å². The van der Waals surface area contributed by atoms with Crippen molar-refractivity contribution in [3.05, 3.63) is 47.3 Å². The van der Waals surface area contributed by atoms with E-state index in [1.165, 1.54) is 6.07 Å². The second kappa shape index (κ2) is 10.3. The van der Waals surface area contributed by atoms with Crippen molar-refractivity contribution < 1.29 is 18.6 Å². The van der Waals surface area contributed by atoms with Gasteiger partial charge in [0.25, 0.3) is 0 Å². The maximum atomic E-state index is 13.5. The average Bonchev–Trinajstić information content (AvgIpc) is 3.26. The topological polar surface area (TPSA) is 84.0 Å². The first-order chi connectivity index (χ1) is 16.2. The number of allylic oxidation sites excluding steroid dienone is 1. The lowest BCUT2D eigenvalue weighted by atomic mass is 10.1. The molecule has 10 heteroatoms. The molecule has 0 radical (unpaired) electrons. The van der Waals surface area contributed by atoms with E-state index in [1.54, 1.807) is 12.1 Å². The Morgan fingerprint density at radius 2 is 1.76 bits per heavy atom. The number of nitrogens with zero attached hydrogens (tertiary/aromatic N) is 4. The molecule has 0 unspecified atom stereocenters. The summed E-state index contributed by atoms with van der Waals surface area (Å²) in [5, 5.41) is 0. The summed E-state index contributed by atoms with van der Waals surface area (Å²) in [5.74, 6) is 1.17. The van der Waals surface area contributed by atoms with Crippen molar-refractivity contribution in [2.45, 2.75) is 6.42 Å². The molecule has 1 aromatic carbocycles. The minimum absolute atomic E-state index is 0.221. The van der Waals surface area contributed by atoms with Crippen molar-refractivity contribution in [1.29, 1.82) is 0 Å². The fraction of sp³-hybridized carbons (Fsp3) is 0.478. The third-order valence-electron chi connectivity index (χ3n) is 5.98. The fourth-order valence-electron chi connectivity index (χ4n) is 4.15. The maximum absolute atomic E-state index is 13.5. The highest BCUT2D eigenvalue weighted by atomic mass is 19.1. The fourth-order valence-corrected chi connectivity index (χ4v) is 4.15. The molecule has 0 amide bonds. The van der Waals surface area contributed by atoms with Gasteiger partial charge in [-0.2, -0.15) is 9.97 Å². The second-order valence-electron chi connectivity index (χ2n) is 8.17. The van der Waals surface area contributed by atoms with Crippen molar-refractivity contribution in [1.82, 2.24) is 20.3 Å². The molecule has 1 aliphatic carbocycles. The molecule has 2 fully saturated rings. The lowest BCUT2D eigenvalue weighted by Gasteiger charge is -2.28. The van der Waals surface area contributed by atoms with Gasteiger partial charge in [0.1, 0.15) is 18.2 Å². The molecule has 3 heterocycles. The number of aromatic nitrogens is 2. The van der Waals surface area contributed by atoms with Crippen molar-refractivity contribution in [2.24, 2.45) is 0 Å². The zero-order valence-corrected chi connectivity index (χ0v) is 18.6. The third-order valence-corrected chi connectivity index (χ3v) is 5.98. The van der Waals surface area contributed by atoms with E-state index in [9.17, 15) is 4.39 Å². The van der Waals surface area contributed by atoms with Crippen molar-refractivity contribution >= 4 is 17.3 Å². The Kier molecular flexibility index (Phi) is 6.84. The first kappa shape index (κ1) is 21.9. The molecule has 0 spiro atoms. The highest BCUT2D eigenvalue weighted by Gasteiger charge is 2.18. The molecule has 5 rings (SSSR count). The van der Waals surface area contributed by atoms with E-state index in [1.807, 2.05) is 12.1 Å². The van der Waals surface area contributed by atoms with Gasteiger partial charge in [0.05, 0.1) is 32.1 Å². The van der Waals surface area contributed by atoms with Crippen LogP contribution in [-0.2, 0) is 15.9 Å². The molecule has 0 bridgehead atoms. The van der Waals surface area contributed by atoms with Crippen LogP contribution in [0, 0.1) is 5.82 Å². The van der Waals surface area contributed by atoms with E-state index >= 15 is 0 Å². The van der Waals surface area contributed by atoms with Crippen LogP contribution in [0.25, 0.3) is 5.70 Å². The summed E-state index contributed by atoms with van der Waals surface area (Å²) in [4.78, 5) is 13.7. The van der Waals surface area contributed by atoms with Gasteiger partial charge in [-0.15, -0.1) is 0 Å². The summed E-state index contributed by atoms with van der Waals surface area (Å²) < 4.78 is 30.3. The monoisotopic (exact) mass is 456 g/mol. The van der Waals surface area contributed by atoms with E-state index < -0.39 is 0 Å². The summed E-state index contributed by atoms with van der Waals surface area (Å²) >= 11 is 0. The minimum atomic E-state index is -0.221. The second-order valence-corrected chi connectivity index (χ2v) is 8.17. The van der Waals surface area contributed by atoms with Crippen LogP contribution in [0.5, 0.6) is 6.01 Å². The van der Waals surface area contributed by atoms with Gasteiger partial charge >= 0.3 is 6.01 Å². The first-order valence-corrected chi connectivity index (χ1v) is 11.4. The van der Waals surface area contributed by atoms with E-state index in [0.29, 0.717) is 38.1 Å². The predicted molar refractivity (Wildman–Crippen MR) is 123 cm³/mol. The van der Waals surface area contributed by atoms with Crippen molar-refractivity contribution in [3.63, 3.8) is 0 Å². The van der Waals surface area contributed by atoms with E-state index in [2.05, 4.69) is 30.6 Å². The molecular formula is C23H29FN6O3. The Balaban J connectivity index is 1.26. The van der Waals surface area contributed by atoms with Crippen LogP contribution >= 0.6 is 0 Å². The van der Waals surface area contributed by atoms with Gasteiger partial charge in [0.15, 0.2) is 5.82 Å². The zero-order chi connectivity index (χ0) is 22.5. The largest absolute Gasteiger partial charge is 0.462 e. The van der Waals surface area contributed by atoms with E-state index in [0.717, 1.165) is 68.6 Å². The molecule has 1 aromatic heterocycles. The van der Waals surface area contributed by atoms with Gasteiger partial charge in [-0.25, -0.2) is 4.39 Å². The smallest absolute Gasteiger partial charge is 0.320 e. The van der Waals surface area contributed by atoms with Crippen molar-refractivity contribution in [3.8, 4) is 6.01 Å². The molecule has 0 atom stereocenters. The number of hydrazine groups is 1. The average molecular weight is 457 g/mol. The number of hydrogen-bond acceptors (Lipinski definition) is 9. The van der Waals surface area contributed by atoms with Gasteiger partial charge in [-0.05, 0) is 30.2 Å². The predicted octanol–water partition coefficient (Wildman–Crippen LogP) is 1.68. The summed E-state index contributed by atoms with van der Waals surface area (Å²) in [5.41, 5.74) is 9.23. The number of morpholine rings is 2. The number of fused-ring (bicyclic) bond motifs is 1. The number of halogens is 1. The molecule has 2 saturated heterocycles. The molecule has 2 N–H and O–H groups in total. The normalized spacial score (nSPS) is 18.6. The Bertz CT molecular complexity index is 992. The third kappa shape index (κ3) is 5.52. The summed E-state index contributed by atoms with van der Waals surface area (Å²) in [6.45, 7) is 7.51. The Morgan fingerprint density at radius 3 is 2.58 bits per heavy atom. The SMILES string of the molecule is Fc1ccc2c(c1)CC=C2NNc1cc(N2CCOCC2)nc(OCCN2CCOCC2)n1. The van der Waals surface area contributed by atoms with Gasteiger partial charge in [-0.3, -0.25) is 15.8 Å². The summed E-state index contributed by atoms with van der Waals surface area (Å²) in [6.07, 6.45) is 2.72. The molecule has 9 nitrogen and oxygen atoms in total. The number of rotatable bonds is 8. The zero-order valence-electron chi connectivity index (χ0n) is 18.6. The quantitative estimate of drug-likeness (QED) is 0.577. The molecule has 2 aromatic rings. The Hall–Kier alpha value is -2.95. The van der Waals surface area contributed by atoms with Gasteiger partial charge in [-0.1, -0.05) is 6.08 Å². The van der Waals surface area contributed by atoms with Crippen LogP contribution in [0.2, 0.25) is 0 Å². The molecule has 0 saturated carbocycles. The van der Waals surface area contributed by atoms with E-state index in [-0.39, 0.29) is 5.82 Å². The summed E-state index contributed by atoms with van der Waals surface area (Å²) in [7, 11) is 0. The number of ether oxygens (including phenoxy) is 3. The van der Waals surface area contributed by atoms with Gasteiger partial charge in [0.2, 0.25) is 0 Å². The minimum Gasteiger partial charge on any atom is -0.462 e. The maximum Gasteiger partial charge on any atom is 0.320 e. The van der Waals surface area contributed by atoms with Crippen LogP contribution < -0.4 is 20.5 Å². The highest BCUT2D eigenvalue weighted by Crippen LogP contribution is 2.26. The lowest BCUT2D eigenvalue weighted by Crippen LogP contribution is -2.39. The molecule has 3 aliphatic rings. The molecule has 2 aliphatic heterocycles. The van der Waals surface area contributed by atoms with E-state index in [4.69, 9.17) is 14.2 Å². The highest BCUT2D eigenvalue weighted by molar-refractivity contribution is 5.72. The van der Waals surface area contributed by atoms with Crippen LogP contribution in [-0.4, -0.2) is 80.6 Å². The molecular weight excluding hydrogens is 427 g/mol. The van der Waals surface area contributed by atoms with Crippen LogP contribution in [0.1, 0.15) is 11.1 Å². The lowest BCUT2D eigenvalue weighted by molar-refractivity contribution is 0.0317. The number of hydrogen-bond donors (Lipinski definition) is 2. The molecule has 33 heavy (non-hydrogen) atoms. The van der Waals surface area contributed by atoms with Crippen LogP contribution in [0.3, 0.4) is 0 Å². The van der Waals surface area contributed by atoms with Gasteiger partial charge < -0.3 is 19.1 Å². The summed E-state index contributed by atoms with van der Waals surface area (Å²) in [6, 6.07) is 7.06. The van der Waals surface area contributed by atoms with Gasteiger partial charge in [0, 0.05) is 44.4 Å².